The Hall–Kier alpha value is -0.162. The number of halogens is 1. The van der Waals surface area contributed by atoms with E-state index in [2.05, 4.69) is 6.07 Å². The van der Waals surface area contributed by atoms with Crippen molar-refractivity contribution in [1.82, 2.24) is 0 Å². The standard InChI is InChI=1S/C8H8F.CH3.W/c1-6-3-4-8(9)7(2)5-6;;/h4-5H,1-2H3;1H3;/q2*-1;+2. The third-order valence-electron chi connectivity index (χ3n) is 1.24. The summed E-state index contributed by atoms with van der Waals surface area (Å²) in [5, 5.41) is 0. The summed E-state index contributed by atoms with van der Waals surface area (Å²) in [4.78, 5) is 0. The smallest absolute Gasteiger partial charge is 0.358 e. The second kappa shape index (κ2) is 5.48. The molecule has 0 spiro atoms. The molecule has 1 rings (SSSR count). The van der Waals surface area contributed by atoms with Crippen LogP contribution in [-0.4, -0.2) is 0 Å². The van der Waals surface area contributed by atoms with Crippen LogP contribution in [0.1, 0.15) is 11.1 Å². The molecule has 0 nitrogen and oxygen atoms in total. The third kappa shape index (κ3) is 3.67. The molecule has 0 atom stereocenters. The summed E-state index contributed by atoms with van der Waals surface area (Å²) < 4.78 is 12.5. The summed E-state index contributed by atoms with van der Waals surface area (Å²) in [7, 11) is 0. The maximum atomic E-state index is 12.5. The van der Waals surface area contributed by atoms with Crippen molar-refractivity contribution in [3.05, 3.63) is 42.6 Å². The zero-order valence-electron chi connectivity index (χ0n) is 6.94. The van der Waals surface area contributed by atoms with Crippen molar-refractivity contribution in [3.63, 3.8) is 0 Å². The van der Waals surface area contributed by atoms with E-state index in [4.69, 9.17) is 0 Å². The van der Waals surface area contributed by atoms with E-state index >= 15 is 0 Å². The topological polar surface area (TPSA) is 0 Å². The van der Waals surface area contributed by atoms with Gasteiger partial charge in [0, 0.05) is 5.82 Å². The molecule has 0 fully saturated rings. The Kier molecular flexibility index (Phi) is 6.70. The summed E-state index contributed by atoms with van der Waals surface area (Å²) in [5.74, 6) is -0.180. The summed E-state index contributed by atoms with van der Waals surface area (Å²) >= 11 is 0. The van der Waals surface area contributed by atoms with Crippen LogP contribution in [-0.2, 0) is 21.1 Å². The molecule has 11 heavy (non-hydrogen) atoms. The van der Waals surface area contributed by atoms with Crippen molar-refractivity contribution in [1.29, 1.82) is 0 Å². The van der Waals surface area contributed by atoms with Gasteiger partial charge in [0.25, 0.3) is 0 Å². The summed E-state index contributed by atoms with van der Waals surface area (Å²) in [6, 6.07) is 5.90. The minimum atomic E-state index is -0.180. The molecular formula is C9H11FW. The molecule has 0 aliphatic carbocycles. The van der Waals surface area contributed by atoms with Crippen LogP contribution >= 0.6 is 0 Å². The molecule has 0 unspecified atom stereocenters. The second-order valence-electron chi connectivity index (χ2n) is 2.15. The van der Waals surface area contributed by atoms with Crippen molar-refractivity contribution in [2.45, 2.75) is 13.8 Å². The van der Waals surface area contributed by atoms with Gasteiger partial charge in [0.1, 0.15) is 0 Å². The van der Waals surface area contributed by atoms with Crippen LogP contribution in [0.2, 0.25) is 0 Å². The predicted octanol–water partition coefficient (Wildman–Crippen LogP) is 2.69. The minimum Gasteiger partial charge on any atom is -0.358 e. The number of rotatable bonds is 0. The zero-order valence-corrected chi connectivity index (χ0v) is 9.87. The van der Waals surface area contributed by atoms with Crippen LogP contribution in [0.15, 0.2) is 12.1 Å². The van der Waals surface area contributed by atoms with E-state index in [1.807, 2.05) is 6.92 Å². The molecule has 0 aromatic heterocycles. The summed E-state index contributed by atoms with van der Waals surface area (Å²) in [6.45, 7) is 3.64. The van der Waals surface area contributed by atoms with Gasteiger partial charge in [0.2, 0.25) is 0 Å². The first-order valence-electron chi connectivity index (χ1n) is 2.84. The van der Waals surface area contributed by atoms with E-state index in [1.54, 1.807) is 13.0 Å². The van der Waals surface area contributed by atoms with Crippen LogP contribution < -0.4 is 0 Å². The van der Waals surface area contributed by atoms with Crippen molar-refractivity contribution >= 4 is 0 Å². The molecule has 0 saturated carbocycles. The number of hydrogen-bond acceptors (Lipinski definition) is 0. The van der Waals surface area contributed by atoms with Gasteiger partial charge in [-0.2, -0.15) is 17.7 Å². The molecule has 60 valence electrons. The fraction of sp³-hybridized carbons (Fsp3) is 0.222. The molecule has 0 radical (unpaired) electrons. The van der Waals surface area contributed by atoms with Gasteiger partial charge in [-0.05, 0) is 0 Å². The largest absolute Gasteiger partial charge is 2.00 e. The second-order valence-corrected chi connectivity index (χ2v) is 2.15. The number of benzene rings is 1. The van der Waals surface area contributed by atoms with Crippen molar-refractivity contribution in [2.75, 3.05) is 0 Å². The van der Waals surface area contributed by atoms with Crippen LogP contribution in [0.25, 0.3) is 0 Å². The molecule has 0 bridgehead atoms. The molecule has 0 saturated heterocycles. The number of aryl methyl sites for hydroxylation is 2. The van der Waals surface area contributed by atoms with E-state index in [-0.39, 0.29) is 34.3 Å². The maximum Gasteiger partial charge on any atom is 2.00 e. The Balaban J connectivity index is 0. The Labute approximate surface area is 82.1 Å². The van der Waals surface area contributed by atoms with Crippen LogP contribution in [0.4, 0.5) is 4.39 Å². The van der Waals surface area contributed by atoms with Crippen LogP contribution in [0.3, 0.4) is 0 Å². The maximum absolute atomic E-state index is 12.5. The van der Waals surface area contributed by atoms with Gasteiger partial charge in [-0.1, -0.05) is 13.8 Å². The zero-order chi connectivity index (χ0) is 6.85. The Morgan fingerprint density at radius 1 is 1.36 bits per heavy atom. The average molecular weight is 322 g/mol. The van der Waals surface area contributed by atoms with Gasteiger partial charge in [-0.15, -0.1) is 11.6 Å². The summed E-state index contributed by atoms with van der Waals surface area (Å²) in [5.41, 5.74) is 1.67. The van der Waals surface area contributed by atoms with Crippen molar-refractivity contribution in [2.24, 2.45) is 0 Å². The van der Waals surface area contributed by atoms with Gasteiger partial charge >= 0.3 is 21.1 Å². The molecule has 1 aromatic rings. The van der Waals surface area contributed by atoms with Gasteiger partial charge in [0.05, 0.1) is 0 Å². The molecule has 0 aliphatic rings. The molecular weight excluding hydrogens is 311 g/mol. The van der Waals surface area contributed by atoms with Crippen molar-refractivity contribution in [3.8, 4) is 0 Å². The third-order valence-corrected chi connectivity index (χ3v) is 1.24. The van der Waals surface area contributed by atoms with Gasteiger partial charge in [-0.25, -0.2) is 0 Å². The Morgan fingerprint density at radius 2 is 1.91 bits per heavy atom. The van der Waals surface area contributed by atoms with E-state index in [0.29, 0.717) is 5.56 Å². The Morgan fingerprint density at radius 3 is 2.27 bits per heavy atom. The van der Waals surface area contributed by atoms with E-state index in [1.165, 1.54) is 6.07 Å². The SMILES string of the molecule is Cc1[c-]cc(F)c(C)c1.[CH3-].[W+2]. The predicted molar refractivity (Wildman–Crippen MR) is 41.1 cm³/mol. The van der Waals surface area contributed by atoms with Crippen LogP contribution in [0.5, 0.6) is 0 Å². The van der Waals surface area contributed by atoms with E-state index < -0.39 is 0 Å². The molecule has 0 N–H and O–H groups in total. The first kappa shape index (κ1) is 13.4. The van der Waals surface area contributed by atoms with E-state index in [9.17, 15) is 4.39 Å². The van der Waals surface area contributed by atoms with E-state index in [0.717, 1.165) is 5.56 Å². The average Bonchev–Trinajstić information content (AvgIpc) is 1.80. The molecule has 1 aromatic carbocycles. The van der Waals surface area contributed by atoms with Gasteiger partial charge < -0.3 is 7.43 Å². The fourth-order valence-corrected chi connectivity index (χ4v) is 0.726. The van der Waals surface area contributed by atoms with Gasteiger partial charge in [0.15, 0.2) is 0 Å². The Bertz CT molecular complexity index is 221. The molecule has 0 amide bonds. The monoisotopic (exact) mass is 322 g/mol. The first-order valence-corrected chi connectivity index (χ1v) is 2.84. The summed E-state index contributed by atoms with van der Waals surface area (Å²) in [6.07, 6.45) is 0. The quantitative estimate of drug-likeness (QED) is 0.645. The van der Waals surface area contributed by atoms with Crippen molar-refractivity contribution < 1.29 is 25.5 Å². The number of hydrogen-bond donors (Lipinski definition) is 0. The first-order chi connectivity index (χ1) is 4.20. The van der Waals surface area contributed by atoms with Gasteiger partial charge in [-0.3, -0.25) is 4.39 Å². The molecule has 0 aliphatic heterocycles. The molecule has 0 heterocycles. The fourth-order valence-electron chi connectivity index (χ4n) is 0.726. The normalized spacial score (nSPS) is 7.91. The minimum absolute atomic E-state index is 0. The van der Waals surface area contributed by atoms with Crippen LogP contribution in [0, 0.1) is 33.2 Å². The molecule has 2 heteroatoms.